The zero-order chi connectivity index (χ0) is 14.8. The van der Waals surface area contributed by atoms with Crippen LogP contribution in [0, 0.1) is 17.1 Å². The highest BCUT2D eigenvalue weighted by Gasteiger charge is 2.08. The van der Waals surface area contributed by atoms with Gasteiger partial charge < -0.3 is 10.3 Å². The summed E-state index contributed by atoms with van der Waals surface area (Å²) in [5, 5.41) is 10.0. The van der Waals surface area contributed by atoms with Crippen LogP contribution in [0.1, 0.15) is 16.7 Å². The zero-order valence-corrected chi connectivity index (χ0v) is 11.4. The minimum Gasteiger partial charge on any atom is -0.343 e. The van der Waals surface area contributed by atoms with Gasteiger partial charge in [0.1, 0.15) is 11.9 Å². The van der Waals surface area contributed by atoms with Crippen LogP contribution in [0.4, 0.5) is 4.39 Å². The largest absolute Gasteiger partial charge is 0.343 e. The summed E-state index contributed by atoms with van der Waals surface area (Å²) in [6, 6.07) is 14.6. The third-order valence-corrected chi connectivity index (χ3v) is 3.60. The van der Waals surface area contributed by atoms with Gasteiger partial charge in [-0.2, -0.15) is 5.26 Å². The van der Waals surface area contributed by atoms with Crippen molar-refractivity contribution >= 4 is 10.9 Å². The number of hydrogen-bond donors (Lipinski definition) is 1. The van der Waals surface area contributed by atoms with E-state index in [1.807, 2.05) is 36.5 Å². The van der Waals surface area contributed by atoms with Crippen molar-refractivity contribution in [3.05, 3.63) is 71.2 Å². The topological polar surface area (TPSA) is 54.7 Å². The Labute approximate surface area is 122 Å². The molecule has 0 bridgehead atoms. The second kappa shape index (κ2) is 5.39. The minimum absolute atomic E-state index is 0.0722. The lowest BCUT2D eigenvalue weighted by Crippen LogP contribution is -2.04. The van der Waals surface area contributed by atoms with Crippen LogP contribution in [0.3, 0.4) is 0 Å². The molecule has 2 aromatic carbocycles. The van der Waals surface area contributed by atoms with Gasteiger partial charge in [0, 0.05) is 19.3 Å². The minimum atomic E-state index is -0.485. The summed E-state index contributed by atoms with van der Waals surface area (Å²) < 4.78 is 15.4. The van der Waals surface area contributed by atoms with Crippen LogP contribution in [0.2, 0.25) is 0 Å². The number of nitrogens with two attached hydrogens (primary N) is 1. The van der Waals surface area contributed by atoms with Crippen LogP contribution in [0.25, 0.3) is 10.9 Å². The van der Waals surface area contributed by atoms with Crippen molar-refractivity contribution in [3.8, 4) is 6.07 Å². The number of hydrogen-bond acceptors (Lipinski definition) is 2. The summed E-state index contributed by atoms with van der Waals surface area (Å²) in [6.45, 7) is 1.05. The predicted molar refractivity (Wildman–Crippen MR) is 80.0 cm³/mol. The van der Waals surface area contributed by atoms with Crippen molar-refractivity contribution in [2.75, 3.05) is 0 Å². The van der Waals surface area contributed by atoms with Gasteiger partial charge in [-0.3, -0.25) is 0 Å². The van der Waals surface area contributed by atoms with Gasteiger partial charge in [0.25, 0.3) is 0 Å². The highest BCUT2D eigenvalue weighted by Crippen LogP contribution is 2.21. The average Bonchev–Trinajstić information content (AvgIpc) is 2.92. The third-order valence-electron chi connectivity index (χ3n) is 3.60. The maximum Gasteiger partial charge on any atom is 0.140 e. The van der Waals surface area contributed by atoms with Crippen LogP contribution >= 0.6 is 0 Å². The Bertz CT molecular complexity index is 843. The molecule has 0 fully saturated rings. The summed E-state index contributed by atoms with van der Waals surface area (Å²) in [7, 11) is 0. The molecule has 1 heterocycles. The van der Waals surface area contributed by atoms with Crippen molar-refractivity contribution in [2.24, 2.45) is 5.73 Å². The Hall–Kier alpha value is -2.64. The van der Waals surface area contributed by atoms with Gasteiger partial charge in [-0.15, -0.1) is 0 Å². The van der Waals surface area contributed by atoms with E-state index in [2.05, 4.69) is 4.57 Å². The van der Waals surface area contributed by atoms with Crippen molar-refractivity contribution in [1.82, 2.24) is 4.57 Å². The zero-order valence-electron chi connectivity index (χ0n) is 11.4. The monoisotopic (exact) mass is 279 g/mol. The van der Waals surface area contributed by atoms with E-state index in [-0.39, 0.29) is 5.56 Å². The number of benzene rings is 2. The Morgan fingerprint density at radius 3 is 2.81 bits per heavy atom. The fourth-order valence-electron chi connectivity index (χ4n) is 2.59. The molecule has 0 spiro atoms. The van der Waals surface area contributed by atoms with E-state index < -0.39 is 5.82 Å². The Kier molecular flexibility index (Phi) is 3.43. The summed E-state index contributed by atoms with van der Waals surface area (Å²) >= 11 is 0. The van der Waals surface area contributed by atoms with Gasteiger partial charge in [0.2, 0.25) is 0 Å². The molecule has 0 atom stereocenters. The predicted octanol–water partition coefficient (Wildman–Crippen LogP) is 3.16. The first-order valence-electron chi connectivity index (χ1n) is 6.68. The molecule has 0 unspecified atom stereocenters. The number of nitriles is 1. The Morgan fingerprint density at radius 2 is 2.05 bits per heavy atom. The molecule has 21 heavy (non-hydrogen) atoms. The molecule has 0 aliphatic heterocycles. The van der Waals surface area contributed by atoms with Crippen LogP contribution < -0.4 is 5.73 Å². The second-order valence-corrected chi connectivity index (χ2v) is 4.93. The van der Waals surface area contributed by atoms with Crippen molar-refractivity contribution in [1.29, 1.82) is 5.26 Å². The standard InChI is InChI=1S/C17H14FN3/c18-16-5-4-12(8-15(16)10-20)11-21-7-6-13-2-1-3-14(9-19)17(13)21/h1-8H,9,11,19H2. The molecule has 0 saturated heterocycles. The summed E-state index contributed by atoms with van der Waals surface area (Å²) in [5.41, 5.74) is 8.91. The maximum atomic E-state index is 13.4. The summed E-state index contributed by atoms with van der Waals surface area (Å²) in [4.78, 5) is 0. The van der Waals surface area contributed by atoms with Crippen LogP contribution in [0.5, 0.6) is 0 Å². The molecule has 1 aromatic heterocycles. The molecule has 2 N–H and O–H groups in total. The maximum absolute atomic E-state index is 13.4. The number of fused-ring (bicyclic) bond motifs is 1. The number of nitrogens with zero attached hydrogens (tertiary/aromatic N) is 2. The van der Waals surface area contributed by atoms with Gasteiger partial charge in [-0.25, -0.2) is 4.39 Å². The number of aromatic nitrogens is 1. The Morgan fingerprint density at radius 1 is 1.19 bits per heavy atom. The normalized spacial score (nSPS) is 10.7. The first-order chi connectivity index (χ1) is 10.2. The molecule has 0 aliphatic rings. The molecular formula is C17H14FN3. The molecule has 104 valence electrons. The van der Waals surface area contributed by atoms with Gasteiger partial charge >= 0.3 is 0 Å². The molecule has 3 aromatic rings. The number of halogens is 1. The van der Waals surface area contributed by atoms with Gasteiger partial charge in [-0.05, 0) is 34.7 Å². The van der Waals surface area contributed by atoms with Crippen molar-refractivity contribution < 1.29 is 4.39 Å². The quantitative estimate of drug-likeness (QED) is 0.800. The lowest BCUT2D eigenvalue weighted by Gasteiger charge is -2.09. The van der Waals surface area contributed by atoms with Gasteiger partial charge in [0.15, 0.2) is 0 Å². The van der Waals surface area contributed by atoms with Crippen molar-refractivity contribution in [2.45, 2.75) is 13.1 Å². The molecule has 3 nitrogen and oxygen atoms in total. The summed E-state index contributed by atoms with van der Waals surface area (Å²) in [6.07, 6.45) is 1.99. The lowest BCUT2D eigenvalue weighted by atomic mass is 10.1. The lowest BCUT2D eigenvalue weighted by molar-refractivity contribution is 0.622. The van der Waals surface area contributed by atoms with E-state index in [1.165, 1.54) is 6.07 Å². The summed E-state index contributed by atoms with van der Waals surface area (Å²) in [5.74, 6) is -0.485. The molecule has 0 radical (unpaired) electrons. The highest BCUT2D eigenvalue weighted by atomic mass is 19.1. The number of para-hydroxylation sites is 1. The van der Waals surface area contributed by atoms with Gasteiger partial charge in [-0.1, -0.05) is 24.3 Å². The first-order valence-corrected chi connectivity index (χ1v) is 6.68. The first kappa shape index (κ1) is 13.3. The average molecular weight is 279 g/mol. The van der Waals surface area contributed by atoms with E-state index in [1.54, 1.807) is 12.1 Å². The fourth-order valence-corrected chi connectivity index (χ4v) is 2.59. The van der Waals surface area contributed by atoms with Gasteiger partial charge in [0.05, 0.1) is 11.1 Å². The fraction of sp³-hybridized carbons (Fsp3) is 0.118. The van der Waals surface area contributed by atoms with E-state index in [0.717, 1.165) is 22.0 Å². The SMILES string of the molecule is N#Cc1cc(Cn2ccc3cccc(CN)c32)ccc1F. The molecule has 0 aliphatic carbocycles. The van der Waals surface area contributed by atoms with E-state index in [4.69, 9.17) is 11.0 Å². The van der Waals surface area contributed by atoms with Crippen molar-refractivity contribution in [3.63, 3.8) is 0 Å². The van der Waals surface area contributed by atoms with E-state index in [9.17, 15) is 4.39 Å². The van der Waals surface area contributed by atoms with Crippen LogP contribution in [-0.2, 0) is 13.1 Å². The third kappa shape index (κ3) is 2.39. The number of rotatable bonds is 3. The molecule has 4 heteroatoms. The second-order valence-electron chi connectivity index (χ2n) is 4.93. The van der Waals surface area contributed by atoms with E-state index in [0.29, 0.717) is 13.1 Å². The smallest absolute Gasteiger partial charge is 0.140 e. The van der Waals surface area contributed by atoms with E-state index >= 15 is 0 Å². The highest BCUT2D eigenvalue weighted by molar-refractivity contribution is 5.83. The molecular weight excluding hydrogens is 265 g/mol. The molecule has 0 amide bonds. The van der Waals surface area contributed by atoms with Crippen LogP contribution in [-0.4, -0.2) is 4.57 Å². The Balaban J connectivity index is 2.05. The molecule has 3 rings (SSSR count). The molecule has 0 saturated carbocycles. The van der Waals surface area contributed by atoms with Crippen LogP contribution in [0.15, 0.2) is 48.7 Å².